The normalized spacial score (nSPS) is 21.5. The highest BCUT2D eigenvalue weighted by Crippen LogP contribution is 2.32. The number of nitrogens with one attached hydrogen (secondary N) is 1. The molecule has 37 heavy (non-hydrogen) atoms. The average molecular weight is 517 g/mol. The molecule has 2 aromatic carbocycles. The van der Waals surface area contributed by atoms with Gasteiger partial charge >= 0.3 is 0 Å². The summed E-state index contributed by atoms with van der Waals surface area (Å²) >= 11 is 1.50. The molecule has 1 atom stereocenters. The fraction of sp³-hybridized carbons (Fsp3) is 0.448. The van der Waals surface area contributed by atoms with E-state index < -0.39 is 0 Å². The van der Waals surface area contributed by atoms with Crippen molar-refractivity contribution < 1.29 is 9.53 Å². The van der Waals surface area contributed by atoms with Crippen LogP contribution in [0.4, 0.5) is 0 Å². The van der Waals surface area contributed by atoms with Gasteiger partial charge in [0.15, 0.2) is 5.16 Å². The summed E-state index contributed by atoms with van der Waals surface area (Å²) in [6.07, 6.45) is 5.70. The first-order valence-electron chi connectivity index (χ1n) is 13.1. The van der Waals surface area contributed by atoms with Gasteiger partial charge in [-0.05, 0) is 68.2 Å². The number of amides is 1. The van der Waals surface area contributed by atoms with E-state index in [4.69, 9.17) is 9.72 Å². The molecule has 0 radical (unpaired) electrons. The lowest BCUT2D eigenvalue weighted by atomic mass is 9.81. The SMILES string of the molecule is N#Cc1ccccc1CSc1nc2ccccc2c(=O)n1CC1CCC(C(=O)NC[C@H]2CCCO2)CC1. The van der Waals surface area contributed by atoms with Gasteiger partial charge in [-0.3, -0.25) is 14.2 Å². The largest absolute Gasteiger partial charge is 0.376 e. The molecule has 1 saturated carbocycles. The highest BCUT2D eigenvalue weighted by molar-refractivity contribution is 7.98. The van der Waals surface area contributed by atoms with Crippen molar-refractivity contribution in [2.75, 3.05) is 13.2 Å². The van der Waals surface area contributed by atoms with Crippen molar-refractivity contribution in [3.05, 3.63) is 70.0 Å². The molecular formula is C29H32N4O3S. The summed E-state index contributed by atoms with van der Waals surface area (Å²) in [6.45, 7) is 1.98. The molecule has 2 fully saturated rings. The minimum atomic E-state index is -0.0295. The Morgan fingerprint density at radius 2 is 1.89 bits per heavy atom. The van der Waals surface area contributed by atoms with Gasteiger partial charge < -0.3 is 10.1 Å². The van der Waals surface area contributed by atoms with Crippen molar-refractivity contribution >= 4 is 28.6 Å². The maximum Gasteiger partial charge on any atom is 0.262 e. The lowest BCUT2D eigenvalue weighted by Gasteiger charge is -2.29. The van der Waals surface area contributed by atoms with Crippen LogP contribution in [0.5, 0.6) is 0 Å². The van der Waals surface area contributed by atoms with Gasteiger partial charge in [0.1, 0.15) is 0 Å². The van der Waals surface area contributed by atoms with Crippen LogP contribution in [0.3, 0.4) is 0 Å². The Labute approximate surface area is 221 Å². The predicted molar refractivity (Wildman–Crippen MR) is 144 cm³/mol. The van der Waals surface area contributed by atoms with Gasteiger partial charge in [0.2, 0.25) is 5.91 Å². The number of hydrogen-bond acceptors (Lipinski definition) is 6. The number of para-hydroxylation sites is 1. The number of fused-ring (bicyclic) bond motifs is 1. The molecular weight excluding hydrogens is 484 g/mol. The van der Waals surface area contributed by atoms with E-state index in [-0.39, 0.29) is 23.5 Å². The van der Waals surface area contributed by atoms with Crippen LogP contribution in [0.2, 0.25) is 0 Å². The number of benzene rings is 2. The number of carbonyl (C=O) groups excluding carboxylic acids is 1. The smallest absolute Gasteiger partial charge is 0.262 e. The van der Waals surface area contributed by atoms with Crippen molar-refractivity contribution in [2.45, 2.75) is 62.1 Å². The molecule has 0 bridgehead atoms. The molecule has 1 aliphatic heterocycles. The maximum atomic E-state index is 13.5. The summed E-state index contributed by atoms with van der Waals surface area (Å²) in [6, 6.07) is 17.2. The lowest BCUT2D eigenvalue weighted by Crippen LogP contribution is -2.38. The van der Waals surface area contributed by atoms with Crippen LogP contribution in [0.1, 0.15) is 49.7 Å². The van der Waals surface area contributed by atoms with Gasteiger partial charge in [0.05, 0.1) is 28.6 Å². The molecule has 2 aliphatic rings. The maximum absolute atomic E-state index is 13.5. The number of ether oxygens (including phenoxy) is 1. The van der Waals surface area contributed by atoms with E-state index in [9.17, 15) is 14.9 Å². The zero-order chi connectivity index (χ0) is 25.6. The van der Waals surface area contributed by atoms with Crippen molar-refractivity contribution in [3.8, 4) is 6.07 Å². The molecule has 1 amide bonds. The van der Waals surface area contributed by atoms with Gasteiger partial charge in [-0.15, -0.1) is 0 Å². The number of nitriles is 1. The number of hydrogen-bond donors (Lipinski definition) is 1. The third-order valence-electron chi connectivity index (χ3n) is 7.51. The molecule has 0 spiro atoms. The van der Waals surface area contributed by atoms with E-state index in [1.54, 1.807) is 0 Å². The fourth-order valence-corrected chi connectivity index (χ4v) is 6.36. The van der Waals surface area contributed by atoms with Crippen LogP contribution >= 0.6 is 11.8 Å². The van der Waals surface area contributed by atoms with Crippen molar-refractivity contribution in [3.63, 3.8) is 0 Å². The highest BCUT2D eigenvalue weighted by atomic mass is 32.2. The van der Waals surface area contributed by atoms with Crippen LogP contribution in [-0.4, -0.2) is 34.7 Å². The molecule has 192 valence electrons. The quantitative estimate of drug-likeness (QED) is 0.345. The van der Waals surface area contributed by atoms with Crippen molar-refractivity contribution in [1.82, 2.24) is 14.9 Å². The van der Waals surface area contributed by atoms with Crippen LogP contribution < -0.4 is 10.9 Å². The topological polar surface area (TPSA) is 97.0 Å². The summed E-state index contributed by atoms with van der Waals surface area (Å²) in [5.41, 5.74) is 2.23. The van der Waals surface area contributed by atoms with E-state index in [1.807, 2.05) is 53.1 Å². The molecule has 3 aromatic rings. The standard InChI is InChI=1S/C29H32N4O3S/c30-16-22-6-1-2-7-23(22)19-37-29-32-26-10-4-3-9-25(26)28(35)33(29)18-20-11-13-21(14-12-20)27(34)31-17-24-8-5-15-36-24/h1-4,6-7,9-10,20-21,24H,5,8,11-15,17-19H2,(H,31,34)/t20?,21?,24-/m1/s1. The molecule has 1 aliphatic carbocycles. The van der Waals surface area contributed by atoms with Gasteiger partial charge in [-0.2, -0.15) is 5.26 Å². The summed E-state index contributed by atoms with van der Waals surface area (Å²) in [5, 5.41) is 13.8. The third-order valence-corrected chi connectivity index (χ3v) is 8.53. The average Bonchev–Trinajstić information content (AvgIpc) is 3.47. The Balaban J connectivity index is 1.28. The van der Waals surface area contributed by atoms with E-state index in [1.165, 1.54) is 11.8 Å². The fourth-order valence-electron chi connectivity index (χ4n) is 5.35. The molecule has 7 nitrogen and oxygen atoms in total. The number of rotatable bonds is 8. The first-order valence-corrected chi connectivity index (χ1v) is 14.1. The number of thioether (sulfide) groups is 1. The van der Waals surface area contributed by atoms with E-state index in [0.717, 1.165) is 50.7 Å². The van der Waals surface area contributed by atoms with Crippen LogP contribution in [0.25, 0.3) is 10.9 Å². The summed E-state index contributed by atoms with van der Waals surface area (Å²) in [5.74, 6) is 1.03. The number of carbonyl (C=O) groups is 1. The van der Waals surface area contributed by atoms with Crippen LogP contribution in [0, 0.1) is 23.2 Å². The minimum absolute atomic E-state index is 0.0282. The molecule has 0 unspecified atom stereocenters. The first-order chi connectivity index (χ1) is 18.1. The number of aromatic nitrogens is 2. The predicted octanol–water partition coefficient (Wildman–Crippen LogP) is 4.66. The van der Waals surface area contributed by atoms with Gasteiger partial charge in [-0.25, -0.2) is 4.98 Å². The Hall–Kier alpha value is -3.15. The Morgan fingerprint density at radius 1 is 1.11 bits per heavy atom. The Bertz CT molecular complexity index is 1350. The highest BCUT2D eigenvalue weighted by Gasteiger charge is 2.28. The molecule has 1 saturated heterocycles. The summed E-state index contributed by atoms with van der Waals surface area (Å²) < 4.78 is 7.43. The second-order valence-electron chi connectivity index (χ2n) is 9.98. The zero-order valence-corrected chi connectivity index (χ0v) is 21.7. The molecule has 8 heteroatoms. The minimum Gasteiger partial charge on any atom is -0.376 e. The van der Waals surface area contributed by atoms with E-state index in [0.29, 0.717) is 46.4 Å². The van der Waals surface area contributed by atoms with Crippen molar-refractivity contribution in [1.29, 1.82) is 5.26 Å². The Kier molecular flexibility index (Phi) is 8.22. The second kappa shape index (κ2) is 11.9. The lowest BCUT2D eigenvalue weighted by molar-refractivity contribution is -0.126. The number of nitrogens with zero attached hydrogens (tertiary/aromatic N) is 3. The summed E-state index contributed by atoms with van der Waals surface area (Å²) in [7, 11) is 0. The van der Waals surface area contributed by atoms with Crippen molar-refractivity contribution in [2.24, 2.45) is 11.8 Å². The zero-order valence-electron chi connectivity index (χ0n) is 20.9. The second-order valence-corrected chi connectivity index (χ2v) is 10.9. The third kappa shape index (κ3) is 6.06. The monoisotopic (exact) mass is 516 g/mol. The Morgan fingerprint density at radius 3 is 2.68 bits per heavy atom. The molecule has 1 N–H and O–H groups in total. The molecule has 2 heterocycles. The van der Waals surface area contributed by atoms with Gasteiger partial charge in [0, 0.05) is 31.4 Å². The summed E-state index contributed by atoms with van der Waals surface area (Å²) in [4.78, 5) is 31.1. The first kappa shape index (κ1) is 25.5. The van der Waals surface area contributed by atoms with Crippen LogP contribution in [0.15, 0.2) is 58.5 Å². The van der Waals surface area contributed by atoms with Crippen LogP contribution in [-0.2, 0) is 21.8 Å². The van der Waals surface area contributed by atoms with E-state index >= 15 is 0 Å². The van der Waals surface area contributed by atoms with Gasteiger partial charge in [0.25, 0.3) is 5.56 Å². The van der Waals surface area contributed by atoms with Gasteiger partial charge in [-0.1, -0.05) is 42.1 Å². The van der Waals surface area contributed by atoms with E-state index in [2.05, 4.69) is 11.4 Å². The molecule has 5 rings (SSSR count). The molecule has 1 aromatic heterocycles.